The molecular formula is C20H23ClN2O2. The van der Waals surface area contributed by atoms with Crippen LogP contribution in [0.5, 0.6) is 0 Å². The minimum Gasteiger partial charge on any atom is -0.326 e. The van der Waals surface area contributed by atoms with Gasteiger partial charge in [-0.25, -0.2) is 0 Å². The van der Waals surface area contributed by atoms with E-state index in [1.807, 2.05) is 39.0 Å². The van der Waals surface area contributed by atoms with Crippen LogP contribution in [-0.2, 0) is 9.59 Å². The van der Waals surface area contributed by atoms with Crippen molar-refractivity contribution in [1.29, 1.82) is 0 Å². The second-order valence-corrected chi connectivity index (χ2v) is 6.65. The highest BCUT2D eigenvalue weighted by molar-refractivity contribution is 6.30. The number of nitrogens with one attached hydrogen (secondary N) is 1. The second-order valence-electron chi connectivity index (χ2n) is 6.22. The van der Waals surface area contributed by atoms with Crippen molar-refractivity contribution in [2.75, 3.05) is 16.8 Å². The Labute approximate surface area is 153 Å². The third kappa shape index (κ3) is 5.07. The number of benzene rings is 2. The Kier molecular flexibility index (Phi) is 6.21. The summed E-state index contributed by atoms with van der Waals surface area (Å²) < 4.78 is 0. The number of carbonyl (C=O) groups is 2. The van der Waals surface area contributed by atoms with Gasteiger partial charge >= 0.3 is 0 Å². The van der Waals surface area contributed by atoms with Gasteiger partial charge in [0, 0.05) is 36.3 Å². The van der Waals surface area contributed by atoms with Crippen LogP contribution in [-0.4, -0.2) is 18.4 Å². The molecule has 0 heterocycles. The van der Waals surface area contributed by atoms with Gasteiger partial charge in [0.2, 0.25) is 11.8 Å². The number of hydrogen-bond donors (Lipinski definition) is 1. The van der Waals surface area contributed by atoms with E-state index in [0.29, 0.717) is 11.6 Å². The summed E-state index contributed by atoms with van der Waals surface area (Å²) >= 11 is 5.93. The zero-order chi connectivity index (χ0) is 18.6. The first-order valence-corrected chi connectivity index (χ1v) is 8.57. The molecule has 0 unspecified atom stereocenters. The molecule has 4 nitrogen and oxygen atoms in total. The maximum atomic E-state index is 12.3. The highest BCUT2D eigenvalue weighted by Gasteiger charge is 2.16. The van der Waals surface area contributed by atoms with E-state index in [4.69, 9.17) is 11.6 Å². The van der Waals surface area contributed by atoms with Crippen molar-refractivity contribution in [3.63, 3.8) is 0 Å². The van der Waals surface area contributed by atoms with Gasteiger partial charge in [0.15, 0.2) is 0 Å². The fourth-order valence-corrected chi connectivity index (χ4v) is 2.88. The molecule has 2 rings (SSSR count). The molecular weight excluding hydrogens is 336 g/mol. The minimum absolute atomic E-state index is 0.0795. The monoisotopic (exact) mass is 358 g/mol. The lowest BCUT2D eigenvalue weighted by atomic mass is 10.1. The zero-order valence-corrected chi connectivity index (χ0v) is 15.8. The SMILES string of the molecule is CC(=O)N(CCC(=O)Nc1ccc(Cl)cc1C)c1cc(C)ccc1C. The lowest BCUT2D eigenvalue weighted by Crippen LogP contribution is -2.32. The Morgan fingerprint density at radius 2 is 1.76 bits per heavy atom. The quantitative estimate of drug-likeness (QED) is 0.845. The number of anilines is 2. The van der Waals surface area contributed by atoms with E-state index < -0.39 is 0 Å². The van der Waals surface area contributed by atoms with Gasteiger partial charge in [0.1, 0.15) is 0 Å². The topological polar surface area (TPSA) is 49.4 Å². The van der Waals surface area contributed by atoms with E-state index in [0.717, 1.165) is 28.1 Å². The number of carbonyl (C=O) groups excluding carboxylic acids is 2. The Morgan fingerprint density at radius 3 is 2.40 bits per heavy atom. The first kappa shape index (κ1) is 19.0. The Bertz CT molecular complexity index is 802. The van der Waals surface area contributed by atoms with Crippen molar-refractivity contribution < 1.29 is 9.59 Å². The molecule has 0 saturated heterocycles. The van der Waals surface area contributed by atoms with E-state index in [9.17, 15) is 9.59 Å². The smallest absolute Gasteiger partial charge is 0.226 e. The van der Waals surface area contributed by atoms with Crippen LogP contribution in [0.3, 0.4) is 0 Å². The normalized spacial score (nSPS) is 10.4. The Balaban J connectivity index is 2.07. The largest absolute Gasteiger partial charge is 0.326 e. The predicted molar refractivity (Wildman–Crippen MR) is 103 cm³/mol. The molecule has 0 spiro atoms. The summed E-state index contributed by atoms with van der Waals surface area (Å²) in [6, 6.07) is 11.3. The molecule has 2 amide bonds. The van der Waals surface area contributed by atoms with Crippen molar-refractivity contribution in [2.45, 2.75) is 34.1 Å². The summed E-state index contributed by atoms with van der Waals surface area (Å²) in [5, 5.41) is 3.51. The summed E-state index contributed by atoms with van der Waals surface area (Å²) in [5.74, 6) is -0.217. The van der Waals surface area contributed by atoms with Crippen LogP contribution in [0.4, 0.5) is 11.4 Å². The van der Waals surface area contributed by atoms with Gasteiger partial charge in [-0.3, -0.25) is 9.59 Å². The third-order valence-electron chi connectivity index (χ3n) is 4.06. The van der Waals surface area contributed by atoms with Gasteiger partial charge in [-0.2, -0.15) is 0 Å². The van der Waals surface area contributed by atoms with Crippen LogP contribution < -0.4 is 10.2 Å². The summed E-state index contributed by atoms with van der Waals surface area (Å²) in [7, 11) is 0. The highest BCUT2D eigenvalue weighted by Crippen LogP contribution is 2.23. The van der Waals surface area contributed by atoms with Crippen LogP contribution in [0.1, 0.15) is 30.0 Å². The predicted octanol–water partition coefficient (Wildman–Crippen LogP) is 4.65. The summed E-state index contributed by atoms with van der Waals surface area (Å²) in [4.78, 5) is 26.0. The first-order valence-electron chi connectivity index (χ1n) is 8.19. The molecule has 2 aromatic carbocycles. The van der Waals surface area contributed by atoms with Gasteiger partial charge in [-0.15, -0.1) is 0 Å². The molecule has 0 aliphatic carbocycles. The molecule has 0 radical (unpaired) electrons. The highest BCUT2D eigenvalue weighted by atomic mass is 35.5. The Morgan fingerprint density at radius 1 is 1.04 bits per heavy atom. The van der Waals surface area contributed by atoms with Gasteiger partial charge in [0.25, 0.3) is 0 Å². The minimum atomic E-state index is -0.137. The molecule has 0 aliphatic rings. The number of rotatable bonds is 5. The van der Waals surface area contributed by atoms with E-state index in [-0.39, 0.29) is 18.2 Å². The fraction of sp³-hybridized carbons (Fsp3) is 0.300. The lowest BCUT2D eigenvalue weighted by molar-refractivity contribution is -0.117. The number of nitrogens with zero attached hydrogens (tertiary/aromatic N) is 1. The average molecular weight is 359 g/mol. The molecule has 0 atom stereocenters. The standard InChI is InChI=1S/C20H23ClN2O2/c1-13-5-6-14(2)19(11-13)23(16(4)24)10-9-20(25)22-18-8-7-17(21)12-15(18)3/h5-8,11-12H,9-10H2,1-4H3,(H,22,25). The summed E-state index contributed by atoms with van der Waals surface area (Å²) in [6.07, 6.45) is 0.217. The van der Waals surface area contributed by atoms with Crippen LogP contribution in [0.2, 0.25) is 5.02 Å². The maximum absolute atomic E-state index is 12.3. The van der Waals surface area contributed by atoms with Gasteiger partial charge in [0.05, 0.1) is 0 Å². The van der Waals surface area contributed by atoms with Gasteiger partial charge < -0.3 is 10.2 Å². The molecule has 0 aromatic heterocycles. The number of amides is 2. The van der Waals surface area contributed by atoms with E-state index in [1.54, 1.807) is 23.1 Å². The molecule has 0 fully saturated rings. The van der Waals surface area contributed by atoms with Crippen LogP contribution in [0.15, 0.2) is 36.4 Å². The number of halogens is 1. The zero-order valence-electron chi connectivity index (χ0n) is 15.0. The lowest BCUT2D eigenvalue weighted by Gasteiger charge is -2.23. The second kappa shape index (κ2) is 8.17. The van der Waals surface area contributed by atoms with Gasteiger partial charge in [-0.05, 0) is 61.7 Å². The van der Waals surface area contributed by atoms with E-state index in [1.165, 1.54) is 6.92 Å². The molecule has 0 saturated carbocycles. The maximum Gasteiger partial charge on any atom is 0.226 e. The molecule has 5 heteroatoms. The van der Waals surface area contributed by atoms with Crippen molar-refractivity contribution in [1.82, 2.24) is 0 Å². The third-order valence-corrected chi connectivity index (χ3v) is 4.30. The van der Waals surface area contributed by atoms with Crippen LogP contribution in [0, 0.1) is 20.8 Å². The van der Waals surface area contributed by atoms with Gasteiger partial charge in [-0.1, -0.05) is 23.7 Å². The van der Waals surface area contributed by atoms with E-state index >= 15 is 0 Å². The summed E-state index contributed by atoms with van der Waals surface area (Å²) in [5.41, 5.74) is 4.57. The average Bonchev–Trinajstić information content (AvgIpc) is 2.53. The molecule has 2 aromatic rings. The Hall–Kier alpha value is -2.33. The van der Waals surface area contributed by atoms with E-state index in [2.05, 4.69) is 5.32 Å². The molecule has 25 heavy (non-hydrogen) atoms. The van der Waals surface area contributed by atoms with Crippen molar-refractivity contribution in [2.24, 2.45) is 0 Å². The molecule has 1 N–H and O–H groups in total. The summed E-state index contributed by atoms with van der Waals surface area (Å²) in [6.45, 7) is 7.68. The molecule has 0 aliphatic heterocycles. The van der Waals surface area contributed by atoms with Crippen molar-refractivity contribution >= 4 is 34.8 Å². The molecule has 0 bridgehead atoms. The van der Waals surface area contributed by atoms with Crippen LogP contribution >= 0.6 is 11.6 Å². The first-order chi connectivity index (χ1) is 11.8. The van der Waals surface area contributed by atoms with Crippen molar-refractivity contribution in [3.8, 4) is 0 Å². The fourth-order valence-electron chi connectivity index (χ4n) is 2.65. The van der Waals surface area contributed by atoms with Crippen molar-refractivity contribution in [3.05, 3.63) is 58.1 Å². The van der Waals surface area contributed by atoms with Crippen LogP contribution in [0.25, 0.3) is 0 Å². The number of hydrogen-bond acceptors (Lipinski definition) is 2. The molecule has 132 valence electrons. The number of aryl methyl sites for hydroxylation is 3.